The van der Waals surface area contributed by atoms with Crippen molar-refractivity contribution >= 4 is 29.3 Å². The number of nitrogens with zero attached hydrogens (tertiary/aromatic N) is 2. The molecule has 10 heteroatoms. The molecule has 2 heterocycles. The summed E-state index contributed by atoms with van der Waals surface area (Å²) in [6, 6.07) is 2.97. The molecule has 0 aliphatic carbocycles. The van der Waals surface area contributed by atoms with E-state index in [0.29, 0.717) is 40.5 Å². The molecular formula is C25H39ClN4O5. The summed E-state index contributed by atoms with van der Waals surface area (Å²) in [6.07, 6.45) is 2.36. The maximum Gasteiger partial charge on any atom is 0.409 e. The highest BCUT2D eigenvalue weighted by atomic mass is 35.5. The minimum atomic E-state index is -0.263. The summed E-state index contributed by atoms with van der Waals surface area (Å²) < 4.78 is 16.4. The first-order valence-electron chi connectivity index (χ1n) is 12.3. The Balaban J connectivity index is 1.49. The molecule has 2 atom stereocenters. The van der Waals surface area contributed by atoms with E-state index in [9.17, 15) is 9.59 Å². The van der Waals surface area contributed by atoms with Gasteiger partial charge in [0.15, 0.2) is 0 Å². The highest BCUT2D eigenvalue weighted by molar-refractivity contribution is 6.33. The number of hydrogen-bond donors (Lipinski definition) is 2. The maximum atomic E-state index is 13.0. The van der Waals surface area contributed by atoms with Crippen molar-refractivity contribution in [3.63, 3.8) is 0 Å². The van der Waals surface area contributed by atoms with E-state index in [1.807, 2.05) is 18.7 Å². The Hall–Kier alpha value is -2.23. The highest BCUT2D eigenvalue weighted by Gasteiger charge is 2.33. The van der Waals surface area contributed by atoms with E-state index in [1.165, 1.54) is 13.2 Å². The third kappa shape index (κ3) is 7.38. The van der Waals surface area contributed by atoms with Gasteiger partial charge < -0.3 is 35.1 Å². The molecule has 3 N–H and O–H groups in total. The van der Waals surface area contributed by atoms with Crippen LogP contribution >= 0.6 is 11.6 Å². The van der Waals surface area contributed by atoms with Crippen molar-refractivity contribution in [1.82, 2.24) is 15.1 Å². The van der Waals surface area contributed by atoms with E-state index >= 15 is 0 Å². The first-order valence-corrected chi connectivity index (χ1v) is 12.7. The first kappa shape index (κ1) is 27.4. The number of hydrogen-bond acceptors (Lipinski definition) is 7. The smallest absolute Gasteiger partial charge is 0.409 e. The van der Waals surface area contributed by atoms with E-state index < -0.39 is 0 Å². The van der Waals surface area contributed by atoms with Gasteiger partial charge in [-0.05, 0) is 37.2 Å². The zero-order valence-corrected chi connectivity index (χ0v) is 22.0. The van der Waals surface area contributed by atoms with Crippen molar-refractivity contribution in [2.24, 2.45) is 11.8 Å². The summed E-state index contributed by atoms with van der Waals surface area (Å²) in [5.74, 6) is 0.981. The minimum Gasteiger partial charge on any atom is -0.496 e. The number of rotatable bonds is 8. The van der Waals surface area contributed by atoms with Crippen molar-refractivity contribution in [2.45, 2.75) is 45.3 Å². The molecule has 2 aliphatic rings. The van der Waals surface area contributed by atoms with Gasteiger partial charge in [-0.2, -0.15) is 0 Å². The second kappa shape index (κ2) is 12.6. The number of nitrogens with one attached hydrogen (secondary N) is 1. The number of anilines is 1. The molecule has 0 aromatic heterocycles. The van der Waals surface area contributed by atoms with Gasteiger partial charge in [0.2, 0.25) is 0 Å². The van der Waals surface area contributed by atoms with Gasteiger partial charge in [0.1, 0.15) is 5.75 Å². The number of piperidine rings is 2. The van der Waals surface area contributed by atoms with Crippen LogP contribution in [0.2, 0.25) is 5.02 Å². The Morgan fingerprint density at radius 3 is 2.51 bits per heavy atom. The van der Waals surface area contributed by atoms with Crippen LogP contribution < -0.4 is 15.8 Å². The SMILES string of the molecule is COc1cc(N)c(Cl)cc1C(=O)N[C@@H]1CCN(CC2CCN(C(=O)OCC(C)C)CC2)C[C@@H]1OC. The monoisotopic (exact) mass is 510 g/mol. The number of halogens is 1. The summed E-state index contributed by atoms with van der Waals surface area (Å²) in [6.45, 7) is 8.54. The molecule has 2 amide bonds. The van der Waals surface area contributed by atoms with Gasteiger partial charge in [0.05, 0.1) is 42.1 Å². The van der Waals surface area contributed by atoms with Crippen molar-refractivity contribution in [1.29, 1.82) is 0 Å². The van der Waals surface area contributed by atoms with Gasteiger partial charge in [-0.15, -0.1) is 0 Å². The summed E-state index contributed by atoms with van der Waals surface area (Å²) in [7, 11) is 3.17. The Labute approximate surface area is 213 Å². The van der Waals surface area contributed by atoms with Crippen LogP contribution in [0.25, 0.3) is 0 Å². The van der Waals surface area contributed by atoms with Crippen LogP contribution in [0.15, 0.2) is 12.1 Å². The molecule has 3 rings (SSSR count). The number of likely N-dealkylation sites (tertiary alicyclic amines) is 2. The number of ether oxygens (including phenoxy) is 3. The van der Waals surface area contributed by atoms with Gasteiger partial charge >= 0.3 is 6.09 Å². The summed E-state index contributed by atoms with van der Waals surface area (Å²) in [5, 5.41) is 3.40. The van der Waals surface area contributed by atoms with E-state index in [0.717, 1.165) is 52.0 Å². The molecular weight excluding hydrogens is 472 g/mol. The fourth-order valence-corrected chi connectivity index (χ4v) is 4.87. The Bertz CT molecular complexity index is 876. The summed E-state index contributed by atoms with van der Waals surface area (Å²) >= 11 is 6.13. The van der Waals surface area contributed by atoms with Crippen molar-refractivity contribution in [3.8, 4) is 5.75 Å². The lowest BCUT2D eigenvalue weighted by Crippen LogP contribution is -2.55. The van der Waals surface area contributed by atoms with Crippen molar-refractivity contribution in [2.75, 3.05) is 59.3 Å². The van der Waals surface area contributed by atoms with E-state index in [1.54, 1.807) is 13.2 Å². The molecule has 35 heavy (non-hydrogen) atoms. The molecule has 0 unspecified atom stereocenters. The Kier molecular flexibility index (Phi) is 9.89. The quantitative estimate of drug-likeness (QED) is 0.517. The number of nitrogen functional groups attached to an aromatic ring is 1. The van der Waals surface area contributed by atoms with Crippen molar-refractivity contribution < 1.29 is 23.8 Å². The average molecular weight is 511 g/mol. The second-order valence-electron chi connectivity index (χ2n) is 9.88. The van der Waals surface area contributed by atoms with E-state index in [-0.39, 0.29) is 24.1 Å². The van der Waals surface area contributed by atoms with E-state index in [2.05, 4.69) is 10.2 Å². The molecule has 196 valence electrons. The number of benzene rings is 1. The number of amides is 2. The zero-order valence-electron chi connectivity index (χ0n) is 21.2. The third-order valence-corrected chi connectivity index (χ3v) is 7.08. The highest BCUT2D eigenvalue weighted by Crippen LogP contribution is 2.29. The van der Waals surface area contributed by atoms with E-state index in [4.69, 9.17) is 31.5 Å². The third-order valence-electron chi connectivity index (χ3n) is 6.76. The molecule has 0 radical (unpaired) electrons. The first-order chi connectivity index (χ1) is 16.7. The Morgan fingerprint density at radius 1 is 1.17 bits per heavy atom. The lowest BCUT2D eigenvalue weighted by molar-refractivity contribution is -0.00153. The number of methoxy groups -OCH3 is 2. The van der Waals surface area contributed by atoms with Gasteiger partial charge in [-0.25, -0.2) is 4.79 Å². The number of carbonyl (C=O) groups excluding carboxylic acids is 2. The lowest BCUT2D eigenvalue weighted by Gasteiger charge is -2.40. The van der Waals surface area contributed by atoms with Crippen LogP contribution in [0.1, 0.15) is 43.5 Å². The molecule has 0 bridgehead atoms. The largest absolute Gasteiger partial charge is 0.496 e. The van der Waals surface area contributed by atoms with Gasteiger partial charge in [0, 0.05) is 45.9 Å². The zero-order chi connectivity index (χ0) is 25.5. The fourth-order valence-electron chi connectivity index (χ4n) is 4.70. The predicted octanol–water partition coefficient (Wildman–Crippen LogP) is 3.25. The fraction of sp³-hybridized carbons (Fsp3) is 0.680. The van der Waals surface area contributed by atoms with Gasteiger partial charge in [-0.1, -0.05) is 25.4 Å². The van der Waals surface area contributed by atoms with Crippen LogP contribution in [-0.2, 0) is 9.47 Å². The van der Waals surface area contributed by atoms with Crippen LogP contribution in [0.3, 0.4) is 0 Å². The van der Waals surface area contributed by atoms with Crippen LogP contribution in [0.5, 0.6) is 5.75 Å². The second-order valence-corrected chi connectivity index (χ2v) is 10.3. The number of carbonyl (C=O) groups is 2. The van der Waals surface area contributed by atoms with Gasteiger partial charge in [0.25, 0.3) is 5.91 Å². The maximum absolute atomic E-state index is 13.0. The molecule has 0 spiro atoms. The average Bonchev–Trinajstić information content (AvgIpc) is 2.85. The molecule has 1 aromatic rings. The topological polar surface area (TPSA) is 106 Å². The van der Waals surface area contributed by atoms with Crippen LogP contribution in [0, 0.1) is 11.8 Å². The molecule has 1 aromatic carbocycles. The standard InChI is InChI=1S/C25H39ClN4O5/c1-16(2)15-35-25(32)30-9-5-17(6-10-30)13-29-8-7-21(23(14-29)34-4)28-24(31)18-11-19(26)20(27)12-22(18)33-3/h11-12,16-17,21,23H,5-10,13-15,27H2,1-4H3,(H,28,31)/t21-,23+/m1/s1. The number of nitrogens with two attached hydrogens (primary N) is 1. The lowest BCUT2D eigenvalue weighted by atomic mass is 9.94. The van der Waals surface area contributed by atoms with Crippen molar-refractivity contribution in [3.05, 3.63) is 22.7 Å². The predicted molar refractivity (Wildman–Crippen MR) is 136 cm³/mol. The Morgan fingerprint density at radius 2 is 1.89 bits per heavy atom. The van der Waals surface area contributed by atoms with Crippen LogP contribution in [-0.4, -0.2) is 87.5 Å². The van der Waals surface area contributed by atoms with Crippen LogP contribution in [0.4, 0.5) is 10.5 Å². The summed E-state index contributed by atoms with van der Waals surface area (Å²) in [5.41, 5.74) is 6.55. The molecule has 2 aliphatic heterocycles. The molecule has 0 saturated carbocycles. The minimum absolute atomic E-state index is 0.123. The molecule has 2 fully saturated rings. The molecule has 2 saturated heterocycles. The molecule has 9 nitrogen and oxygen atoms in total. The van der Waals surface area contributed by atoms with Gasteiger partial charge in [-0.3, -0.25) is 4.79 Å². The normalized spacial score (nSPS) is 21.7. The summed E-state index contributed by atoms with van der Waals surface area (Å²) in [4.78, 5) is 29.4.